The van der Waals surface area contributed by atoms with Crippen molar-refractivity contribution in [2.24, 2.45) is 5.73 Å². The van der Waals surface area contributed by atoms with Gasteiger partial charge in [-0.15, -0.1) is 0 Å². The van der Waals surface area contributed by atoms with Gasteiger partial charge in [-0.2, -0.15) is 0 Å². The second-order valence-corrected chi connectivity index (χ2v) is 4.68. The molecule has 0 saturated heterocycles. The average molecular weight is 204 g/mol. The first kappa shape index (κ1) is 10.7. The topological polar surface area (TPSA) is 29.3 Å². The predicted molar refractivity (Wildman–Crippen MR) is 63.5 cm³/mol. The molecular weight excluding hydrogens is 184 g/mol. The van der Waals surface area contributed by atoms with Crippen LogP contribution < -0.4 is 5.73 Å². The quantitative estimate of drug-likeness (QED) is 0.817. The van der Waals surface area contributed by atoms with E-state index in [-0.39, 0.29) is 0 Å². The maximum atomic E-state index is 5.60. The lowest BCUT2D eigenvalue weighted by Gasteiger charge is -2.48. The van der Waals surface area contributed by atoms with E-state index in [2.05, 4.69) is 43.3 Å². The standard InChI is InChI=1S/C13H20N2/c1-15(2)13(8-3-9-13)12-6-4-11(10-14)5-7-12/h4-7H,3,8-10,14H2,1-2H3. The van der Waals surface area contributed by atoms with Gasteiger partial charge < -0.3 is 5.73 Å². The summed E-state index contributed by atoms with van der Waals surface area (Å²) in [5, 5.41) is 0. The molecule has 1 saturated carbocycles. The molecule has 0 spiro atoms. The molecule has 0 bridgehead atoms. The van der Waals surface area contributed by atoms with E-state index in [1.165, 1.54) is 30.4 Å². The number of nitrogens with two attached hydrogens (primary N) is 1. The van der Waals surface area contributed by atoms with Gasteiger partial charge in [0.05, 0.1) is 0 Å². The summed E-state index contributed by atoms with van der Waals surface area (Å²) in [6.07, 6.45) is 3.90. The van der Waals surface area contributed by atoms with Crippen LogP contribution in [0.3, 0.4) is 0 Å². The zero-order chi connectivity index (χ0) is 10.9. The first-order chi connectivity index (χ1) is 7.19. The minimum atomic E-state index is 0.299. The Bertz CT molecular complexity index is 323. The monoisotopic (exact) mass is 204 g/mol. The Hall–Kier alpha value is -0.860. The van der Waals surface area contributed by atoms with Crippen molar-refractivity contribution in [2.75, 3.05) is 14.1 Å². The SMILES string of the molecule is CN(C)C1(c2ccc(CN)cc2)CCC1. The first-order valence-corrected chi connectivity index (χ1v) is 5.66. The molecule has 1 aromatic carbocycles. The van der Waals surface area contributed by atoms with Crippen LogP contribution in [0.25, 0.3) is 0 Å². The van der Waals surface area contributed by atoms with Crippen LogP contribution in [-0.4, -0.2) is 19.0 Å². The highest BCUT2D eigenvalue weighted by molar-refractivity contribution is 5.30. The lowest BCUT2D eigenvalue weighted by atomic mass is 9.71. The van der Waals surface area contributed by atoms with E-state index < -0.39 is 0 Å². The zero-order valence-electron chi connectivity index (χ0n) is 9.66. The van der Waals surface area contributed by atoms with Crippen molar-refractivity contribution >= 4 is 0 Å². The van der Waals surface area contributed by atoms with E-state index in [1.807, 2.05) is 0 Å². The molecule has 82 valence electrons. The molecule has 2 N–H and O–H groups in total. The second kappa shape index (κ2) is 3.95. The number of benzene rings is 1. The van der Waals surface area contributed by atoms with Crippen molar-refractivity contribution in [3.8, 4) is 0 Å². The molecule has 1 aliphatic rings. The Labute approximate surface area is 92.1 Å². The molecule has 0 unspecified atom stereocenters. The summed E-state index contributed by atoms with van der Waals surface area (Å²) < 4.78 is 0. The molecule has 0 atom stereocenters. The Balaban J connectivity index is 2.27. The Morgan fingerprint density at radius 1 is 1.20 bits per heavy atom. The van der Waals surface area contributed by atoms with Gasteiger partial charge in [-0.05, 0) is 44.5 Å². The van der Waals surface area contributed by atoms with Gasteiger partial charge in [-0.3, -0.25) is 4.90 Å². The summed E-state index contributed by atoms with van der Waals surface area (Å²) in [5.74, 6) is 0. The summed E-state index contributed by atoms with van der Waals surface area (Å²) in [7, 11) is 4.35. The molecular formula is C13H20N2. The van der Waals surface area contributed by atoms with Gasteiger partial charge in [0.25, 0.3) is 0 Å². The van der Waals surface area contributed by atoms with E-state index in [4.69, 9.17) is 5.73 Å². The van der Waals surface area contributed by atoms with Crippen LogP contribution in [0.5, 0.6) is 0 Å². The average Bonchev–Trinajstić information content (AvgIpc) is 2.16. The summed E-state index contributed by atoms with van der Waals surface area (Å²) in [4.78, 5) is 2.36. The highest BCUT2D eigenvalue weighted by Crippen LogP contribution is 2.45. The van der Waals surface area contributed by atoms with Gasteiger partial charge in [0.15, 0.2) is 0 Å². The van der Waals surface area contributed by atoms with Crippen LogP contribution in [0.15, 0.2) is 24.3 Å². The number of hydrogen-bond acceptors (Lipinski definition) is 2. The van der Waals surface area contributed by atoms with Crippen molar-refractivity contribution in [2.45, 2.75) is 31.3 Å². The van der Waals surface area contributed by atoms with Crippen LogP contribution in [0.2, 0.25) is 0 Å². The smallest absolute Gasteiger partial charge is 0.0454 e. The Kier molecular flexibility index (Phi) is 2.81. The van der Waals surface area contributed by atoms with Crippen molar-refractivity contribution < 1.29 is 0 Å². The van der Waals surface area contributed by atoms with E-state index in [0.29, 0.717) is 12.1 Å². The van der Waals surface area contributed by atoms with Crippen LogP contribution in [0, 0.1) is 0 Å². The Morgan fingerprint density at radius 2 is 1.80 bits per heavy atom. The van der Waals surface area contributed by atoms with Crippen LogP contribution in [-0.2, 0) is 12.1 Å². The molecule has 0 radical (unpaired) electrons. The third kappa shape index (κ3) is 1.68. The lowest BCUT2D eigenvalue weighted by Crippen LogP contribution is -2.47. The summed E-state index contributed by atoms with van der Waals surface area (Å²) in [6.45, 7) is 0.634. The summed E-state index contributed by atoms with van der Waals surface area (Å²) in [5.41, 5.74) is 8.56. The molecule has 0 aromatic heterocycles. The fourth-order valence-corrected chi connectivity index (χ4v) is 2.46. The van der Waals surface area contributed by atoms with Gasteiger partial charge in [0.1, 0.15) is 0 Å². The summed E-state index contributed by atoms with van der Waals surface area (Å²) >= 11 is 0. The highest BCUT2D eigenvalue weighted by Gasteiger charge is 2.40. The van der Waals surface area contributed by atoms with E-state index >= 15 is 0 Å². The first-order valence-electron chi connectivity index (χ1n) is 5.66. The molecule has 15 heavy (non-hydrogen) atoms. The molecule has 0 amide bonds. The minimum absolute atomic E-state index is 0.299. The fraction of sp³-hybridized carbons (Fsp3) is 0.538. The predicted octanol–water partition coefficient (Wildman–Crippen LogP) is 2.09. The largest absolute Gasteiger partial charge is 0.326 e. The number of nitrogens with zero attached hydrogens (tertiary/aromatic N) is 1. The lowest BCUT2D eigenvalue weighted by molar-refractivity contribution is 0.0577. The molecule has 0 heterocycles. The molecule has 2 nitrogen and oxygen atoms in total. The van der Waals surface area contributed by atoms with E-state index in [9.17, 15) is 0 Å². The maximum Gasteiger partial charge on any atom is 0.0454 e. The second-order valence-electron chi connectivity index (χ2n) is 4.68. The van der Waals surface area contributed by atoms with Gasteiger partial charge >= 0.3 is 0 Å². The van der Waals surface area contributed by atoms with E-state index in [0.717, 1.165) is 0 Å². The maximum absolute atomic E-state index is 5.60. The highest BCUT2D eigenvalue weighted by atomic mass is 15.2. The third-order valence-electron chi connectivity index (χ3n) is 3.76. The number of hydrogen-bond donors (Lipinski definition) is 1. The molecule has 1 aliphatic carbocycles. The molecule has 2 rings (SSSR count). The van der Waals surface area contributed by atoms with Gasteiger partial charge in [-0.1, -0.05) is 24.3 Å². The fourth-order valence-electron chi connectivity index (χ4n) is 2.46. The van der Waals surface area contributed by atoms with Crippen LogP contribution in [0.1, 0.15) is 30.4 Å². The van der Waals surface area contributed by atoms with Crippen molar-refractivity contribution in [3.05, 3.63) is 35.4 Å². The van der Waals surface area contributed by atoms with Crippen LogP contribution >= 0.6 is 0 Å². The van der Waals surface area contributed by atoms with Gasteiger partial charge in [-0.25, -0.2) is 0 Å². The van der Waals surface area contributed by atoms with Crippen molar-refractivity contribution in [1.29, 1.82) is 0 Å². The van der Waals surface area contributed by atoms with Gasteiger partial charge in [0.2, 0.25) is 0 Å². The summed E-state index contributed by atoms with van der Waals surface area (Å²) in [6, 6.07) is 8.78. The molecule has 1 aromatic rings. The van der Waals surface area contributed by atoms with Crippen molar-refractivity contribution in [3.63, 3.8) is 0 Å². The number of rotatable bonds is 3. The normalized spacial score (nSPS) is 18.9. The van der Waals surface area contributed by atoms with Crippen LogP contribution in [0.4, 0.5) is 0 Å². The minimum Gasteiger partial charge on any atom is -0.326 e. The zero-order valence-corrected chi connectivity index (χ0v) is 9.66. The van der Waals surface area contributed by atoms with Gasteiger partial charge in [0, 0.05) is 12.1 Å². The third-order valence-corrected chi connectivity index (χ3v) is 3.76. The molecule has 1 fully saturated rings. The van der Waals surface area contributed by atoms with E-state index in [1.54, 1.807) is 0 Å². The molecule has 2 heteroatoms. The molecule has 0 aliphatic heterocycles. The van der Waals surface area contributed by atoms with Crippen molar-refractivity contribution in [1.82, 2.24) is 4.90 Å². The Morgan fingerprint density at radius 3 is 2.13 bits per heavy atom.